The highest BCUT2D eigenvalue weighted by Gasteiger charge is 2.12. The van der Waals surface area contributed by atoms with E-state index in [1.165, 1.54) is 36.0 Å². The summed E-state index contributed by atoms with van der Waals surface area (Å²) in [5.74, 6) is -0.0775. The fourth-order valence-corrected chi connectivity index (χ4v) is 3.29. The number of carbonyl (C=O) groups is 1. The lowest BCUT2D eigenvalue weighted by atomic mass is 10.1. The summed E-state index contributed by atoms with van der Waals surface area (Å²) in [5, 5.41) is 0.833. The largest absolute Gasteiger partial charge is 0.319 e. The summed E-state index contributed by atoms with van der Waals surface area (Å²) in [6.07, 6.45) is 0. The topological polar surface area (TPSA) is 34.9 Å². The van der Waals surface area contributed by atoms with Crippen molar-refractivity contribution < 1.29 is 9.18 Å². The third kappa shape index (κ3) is 2.90. The molecule has 0 fully saturated rings. The first kappa shape index (κ1) is 14.8. The normalized spacial score (nSPS) is 11.0. The molecular formula is C17H15FN2OS. The molecule has 5 heteroatoms. The molecule has 3 aromatic rings. The van der Waals surface area contributed by atoms with E-state index >= 15 is 0 Å². The second kappa shape index (κ2) is 6.32. The van der Waals surface area contributed by atoms with Crippen LogP contribution < -0.4 is 0 Å². The number of para-hydroxylation sites is 2. The van der Waals surface area contributed by atoms with E-state index in [0.717, 1.165) is 22.7 Å². The van der Waals surface area contributed by atoms with Gasteiger partial charge in [0.1, 0.15) is 5.82 Å². The first-order valence-electron chi connectivity index (χ1n) is 7.06. The van der Waals surface area contributed by atoms with Gasteiger partial charge >= 0.3 is 0 Å². The number of hydrogen-bond donors (Lipinski definition) is 0. The van der Waals surface area contributed by atoms with E-state index in [9.17, 15) is 9.18 Å². The number of Topliss-reactive ketones (excluding diaryl/α,β-unsaturated/α-hetero) is 1. The highest BCUT2D eigenvalue weighted by Crippen LogP contribution is 2.24. The van der Waals surface area contributed by atoms with Crippen LogP contribution in [0.3, 0.4) is 0 Å². The number of rotatable bonds is 5. The third-order valence-electron chi connectivity index (χ3n) is 3.43. The maximum atomic E-state index is 12.9. The Bertz CT molecular complexity index is 811. The predicted molar refractivity (Wildman–Crippen MR) is 86.9 cm³/mol. The fraction of sp³-hybridized carbons (Fsp3) is 0.176. The lowest BCUT2D eigenvalue weighted by Crippen LogP contribution is -2.04. The van der Waals surface area contributed by atoms with Crippen LogP contribution in [0.4, 0.5) is 4.39 Å². The molecule has 1 heterocycles. The predicted octanol–water partition coefficient (Wildman–Crippen LogP) is 4.17. The van der Waals surface area contributed by atoms with Gasteiger partial charge in [0.2, 0.25) is 0 Å². The molecule has 0 aliphatic rings. The van der Waals surface area contributed by atoms with Crippen molar-refractivity contribution in [3.8, 4) is 0 Å². The lowest BCUT2D eigenvalue weighted by Gasteiger charge is -2.05. The number of benzene rings is 2. The summed E-state index contributed by atoms with van der Waals surface area (Å²) in [4.78, 5) is 16.7. The monoisotopic (exact) mass is 314 g/mol. The summed E-state index contributed by atoms with van der Waals surface area (Å²) in [6, 6.07) is 13.6. The number of carbonyl (C=O) groups excluding carboxylic acids is 1. The minimum atomic E-state index is -0.336. The number of hydrogen-bond acceptors (Lipinski definition) is 3. The molecule has 0 aliphatic carbocycles. The summed E-state index contributed by atoms with van der Waals surface area (Å²) in [5.41, 5.74) is 2.52. The maximum Gasteiger partial charge on any atom is 0.173 e. The van der Waals surface area contributed by atoms with Crippen molar-refractivity contribution in [1.29, 1.82) is 0 Å². The van der Waals surface area contributed by atoms with Gasteiger partial charge in [0.15, 0.2) is 10.9 Å². The van der Waals surface area contributed by atoms with Crippen molar-refractivity contribution in [1.82, 2.24) is 9.55 Å². The fourth-order valence-electron chi connectivity index (χ4n) is 2.32. The van der Waals surface area contributed by atoms with Crippen molar-refractivity contribution >= 4 is 28.6 Å². The van der Waals surface area contributed by atoms with Gasteiger partial charge in [-0.3, -0.25) is 4.79 Å². The number of thioether (sulfide) groups is 1. The molecule has 0 N–H and O–H groups in total. The van der Waals surface area contributed by atoms with Crippen LogP contribution in [0.25, 0.3) is 11.0 Å². The molecule has 0 spiro atoms. The molecule has 0 aliphatic heterocycles. The average Bonchev–Trinajstić information content (AvgIpc) is 2.90. The van der Waals surface area contributed by atoms with Crippen LogP contribution in [0, 0.1) is 5.82 Å². The van der Waals surface area contributed by atoms with E-state index in [2.05, 4.69) is 16.5 Å². The molecule has 112 valence electrons. The van der Waals surface area contributed by atoms with Gasteiger partial charge in [0.25, 0.3) is 0 Å². The van der Waals surface area contributed by atoms with Crippen LogP contribution in [0.5, 0.6) is 0 Å². The Morgan fingerprint density at radius 2 is 1.91 bits per heavy atom. The van der Waals surface area contributed by atoms with Gasteiger partial charge in [-0.2, -0.15) is 0 Å². The van der Waals surface area contributed by atoms with E-state index in [4.69, 9.17) is 0 Å². The zero-order chi connectivity index (χ0) is 15.5. The zero-order valence-corrected chi connectivity index (χ0v) is 12.9. The summed E-state index contributed by atoms with van der Waals surface area (Å²) in [6.45, 7) is 2.85. The molecule has 3 rings (SSSR count). The second-order valence-electron chi connectivity index (χ2n) is 4.85. The van der Waals surface area contributed by atoms with E-state index in [1.807, 2.05) is 24.3 Å². The van der Waals surface area contributed by atoms with Crippen molar-refractivity contribution in [3.63, 3.8) is 0 Å². The summed E-state index contributed by atoms with van der Waals surface area (Å²) in [7, 11) is 0. The number of nitrogens with zero attached hydrogens (tertiary/aromatic N) is 2. The molecule has 22 heavy (non-hydrogen) atoms. The minimum absolute atomic E-state index is 0.0280. The van der Waals surface area contributed by atoms with Crippen molar-refractivity contribution in [2.45, 2.75) is 18.6 Å². The Morgan fingerprint density at radius 1 is 1.18 bits per heavy atom. The number of imidazole rings is 1. The van der Waals surface area contributed by atoms with E-state index in [-0.39, 0.29) is 17.4 Å². The lowest BCUT2D eigenvalue weighted by molar-refractivity contribution is 0.102. The van der Waals surface area contributed by atoms with Crippen LogP contribution in [0.15, 0.2) is 53.7 Å². The summed E-state index contributed by atoms with van der Waals surface area (Å²) >= 11 is 1.41. The Kier molecular flexibility index (Phi) is 4.24. The molecule has 0 radical (unpaired) electrons. The molecule has 3 nitrogen and oxygen atoms in total. The van der Waals surface area contributed by atoms with Crippen molar-refractivity contribution in [2.24, 2.45) is 0 Å². The number of halogens is 1. The van der Waals surface area contributed by atoms with Crippen LogP contribution >= 0.6 is 11.8 Å². The third-order valence-corrected chi connectivity index (χ3v) is 4.41. The van der Waals surface area contributed by atoms with Crippen LogP contribution in [0.1, 0.15) is 17.3 Å². The Hall–Kier alpha value is -2.14. The molecule has 0 saturated heterocycles. The Balaban J connectivity index is 1.79. The van der Waals surface area contributed by atoms with Crippen molar-refractivity contribution in [2.75, 3.05) is 5.75 Å². The molecule has 0 unspecified atom stereocenters. The first-order chi connectivity index (χ1) is 10.7. The number of ketones is 1. The molecular weight excluding hydrogens is 299 g/mol. The molecule has 0 amide bonds. The molecule has 0 saturated carbocycles. The number of fused-ring (bicyclic) bond motifs is 1. The number of aryl methyl sites for hydroxylation is 1. The van der Waals surface area contributed by atoms with Crippen LogP contribution in [0.2, 0.25) is 0 Å². The second-order valence-corrected chi connectivity index (χ2v) is 5.79. The highest BCUT2D eigenvalue weighted by molar-refractivity contribution is 7.99. The standard InChI is InChI=1S/C17H15FN2OS/c1-2-20-15-6-4-3-5-14(15)19-17(20)22-11-16(21)12-7-9-13(18)10-8-12/h3-10H,2,11H2,1H3. The average molecular weight is 314 g/mol. The first-order valence-corrected chi connectivity index (χ1v) is 8.04. The molecule has 0 atom stereocenters. The van der Waals surface area contributed by atoms with Gasteiger partial charge in [0.05, 0.1) is 16.8 Å². The van der Waals surface area contributed by atoms with E-state index in [1.54, 1.807) is 0 Å². The van der Waals surface area contributed by atoms with E-state index in [0.29, 0.717) is 5.56 Å². The maximum absolute atomic E-state index is 12.9. The molecule has 0 bridgehead atoms. The SMILES string of the molecule is CCn1c(SCC(=O)c2ccc(F)cc2)nc2ccccc21. The van der Waals surface area contributed by atoms with Crippen LogP contribution in [-0.4, -0.2) is 21.1 Å². The molecule has 1 aromatic heterocycles. The zero-order valence-electron chi connectivity index (χ0n) is 12.1. The quantitative estimate of drug-likeness (QED) is 0.524. The van der Waals surface area contributed by atoms with E-state index < -0.39 is 0 Å². The summed E-state index contributed by atoms with van der Waals surface area (Å²) < 4.78 is 15.0. The van der Waals surface area contributed by atoms with Gasteiger partial charge in [-0.1, -0.05) is 23.9 Å². The van der Waals surface area contributed by atoms with Gasteiger partial charge in [0, 0.05) is 12.1 Å². The van der Waals surface area contributed by atoms with Gasteiger partial charge < -0.3 is 4.57 Å². The molecule has 2 aromatic carbocycles. The van der Waals surface area contributed by atoms with Gasteiger partial charge in [-0.25, -0.2) is 9.37 Å². The smallest absolute Gasteiger partial charge is 0.173 e. The van der Waals surface area contributed by atoms with Gasteiger partial charge in [-0.05, 0) is 43.3 Å². The number of aromatic nitrogens is 2. The van der Waals surface area contributed by atoms with Crippen molar-refractivity contribution in [3.05, 3.63) is 59.9 Å². The van der Waals surface area contributed by atoms with Crippen LogP contribution in [-0.2, 0) is 6.54 Å². The highest BCUT2D eigenvalue weighted by atomic mass is 32.2. The minimum Gasteiger partial charge on any atom is -0.319 e. The van der Waals surface area contributed by atoms with Gasteiger partial charge in [-0.15, -0.1) is 0 Å². The Labute approximate surface area is 132 Å². The Morgan fingerprint density at radius 3 is 2.64 bits per heavy atom.